The molecule has 0 radical (unpaired) electrons. The van der Waals surface area contributed by atoms with E-state index in [4.69, 9.17) is 4.74 Å². The van der Waals surface area contributed by atoms with Crippen LogP contribution in [0.5, 0.6) is 5.75 Å². The summed E-state index contributed by atoms with van der Waals surface area (Å²) in [6.45, 7) is 1.87. The Kier molecular flexibility index (Phi) is 4.82. The van der Waals surface area contributed by atoms with Crippen molar-refractivity contribution in [1.82, 2.24) is 0 Å². The smallest absolute Gasteiger partial charge is 0.240 e. The largest absolute Gasteiger partial charge is 0.495 e. The van der Waals surface area contributed by atoms with Crippen LogP contribution in [-0.2, 0) is 14.6 Å². The fraction of sp³-hybridized carbons (Fsp3) is 0.188. The molecular weight excluding hydrogens is 302 g/mol. The highest BCUT2D eigenvalue weighted by Crippen LogP contribution is 2.23. The van der Waals surface area contributed by atoms with Crippen LogP contribution in [0.3, 0.4) is 0 Å². The van der Waals surface area contributed by atoms with Crippen LogP contribution in [0.25, 0.3) is 0 Å². The van der Waals surface area contributed by atoms with Crippen LogP contribution >= 0.6 is 0 Å². The molecule has 2 aromatic rings. The standard InChI is InChI=1S/C16H17NO4S/c1-12-7-9-13(10-8-12)22(19,20)11-16(18)17-14-5-3-4-6-15(14)21-2/h3-10H,11H2,1-2H3,(H,17,18). The van der Waals surface area contributed by atoms with Crippen LogP contribution in [0, 0.1) is 6.92 Å². The molecule has 2 rings (SSSR count). The summed E-state index contributed by atoms with van der Waals surface area (Å²) in [6.07, 6.45) is 0. The zero-order valence-electron chi connectivity index (χ0n) is 12.4. The number of carbonyl (C=O) groups is 1. The van der Waals surface area contributed by atoms with Crippen LogP contribution in [0.15, 0.2) is 53.4 Å². The van der Waals surface area contributed by atoms with Crippen LogP contribution in [0.1, 0.15) is 5.56 Å². The van der Waals surface area contributed by atoms with Gasteiger partial charge in [-0.05, 0) is 31.2 Å². The third-order valence-corrected chi connectivity index (χ3v) is 4.71. The Morgan fingerprint density at radius 1 is 1.09 bits per heavy atom. The second kappa shape index (κ2) is 6.62. The van der Waals surface area contributed by atoms with Crippen molar-refractivity contribution in [3.63, 3.8) is 0 Å². The molecule has 1 amide bonds. The number of ether oxygens (including phenoxy) is 1. The summed E-state index contributed by atoms with van der Waals surface area (Å²) in [4.78, 5) is 12.1. The van der Waals surface area contributed by atoms with E-state index in [1.165, 1.54) is 19.2 Å². The van der Waals surface area contributed by atoms with Crippen molar-refractivity contribution in [1.29, 1.82) is 0 Å². The molecule has 0 atom stereocenters. The van der Waals surface area contributed by atoms with Gasteiger partial charge in [-0.25, -0.2) is 8.42 Å². The first-order valence-electron chi connectivity index (χ1n) is 6.64. The van der Waals surface area contributed by atoms with Gasteiger partial charge in [-0.15, -0.1) is 0 Å². The number of anilines is 1. The van der Waals surface area contributed by atoms with Crippen molar-refractivity contribution in [2.24, 2.45) is 0 Å². The summed E-state index contributed by atoms with van der Waals surface area (Å²) in [7, 11) is -2.19. The number of carbonyl (C=O) groups excluding carboxylic acids is 1. The molecule has 116 valence electrons. The van der Waals surface area contributed by atoms with Gasteiger partial charge in [0.2, 0.25) is 5.91 Å². The molecule has 0 saturated heterocycles. The molecule has 0 aliphatic rings. The molecule has 5 nitrogen and oxygen atoms in total. The molecule has 0 aliphatic heterocycles. The molecule has 0 saturated carbocycles. The van der Waals surface area contributed by atoms with Crippen molar-refractivity contribution in [3.05, 3.63) is 54.1 Å². The van der Waals surface area contributed by atoms with E-state index in [9.17, 15) is 13.2 Å². The van der Waals surface area contributed by atoms with Crippen LogP contribution in [0.4, 0.5) is 5.69 Å². The number of para-hydroxylation sites is 2. The number of aryl methyl sites for hydroxylation is 1. The quantitative estimate of drug-likeness (QED) is 0.918. The molecule has 0 fully saturated rings. The molecule has 1 N–H and O–H groups in total. The number of amides is 1. The van der Waals surface area contributed by atoms with E-state index in [0.717, 1.165) is 5.56 Å². The van der Waals surface area contributed by atoms with Gasteiger partial charge >= 0.3 is 0 Å². The van der Waals surface area contributed by atoms with E-state index >= 15 is 0 Å². The average molecular weight is 319 g/mol. The fourth-order valence-corrected chi connectivity index (χ4v) is 3.07. The third kappa shape index (κ3) is 3.85. The number of rotatable bonds is 5. The lowest BCUT2D eigenvalue weighted by molar-refractivity contribution is -0.113. The highest BCUT2D eigenvalue weighted by Gasteiger charge is 2.20. The van der Waals surface area contributed by atoms with Gasteiger partial charge in [-0.3, -0.25) is 4.79 Å². The Morgan fingerprint density at radius 2 is 1.73 bits per heavy atom. The van der Waals surface area contributed by atoms with Crippen molar-refractivity contribution in [2.75, 3.05) is 18.2 Å². The Hall–Kier alpha value is -2.34. The predicted octanol–water partition coefficient (Wildman–Crippen LogP) is 2.42. The summed E-state index contributed by atoms with van der Waals surface area (Å²) in [5, 5.41) is 2.56. The Bertz CT molecular complexity index is 767. The van der Waals surface area contributed by atoms with Crippen LogP contribution in [0.2, 0.25) is 0 Å². The summed E-state index contributed by atoms with van der Waals surface area (Å²) in [5.41, 5.74) is 1.39. The summed E-state index contributed by atoms with van der Waals surface area (Å²) < 4.78 is 29.5. The number of sulfone groups is 1. The van der Waals surface area contributed by atoms with E-state index in [2.05, 4.69) is 5.32 Å². The van der Waals surface area contributed by atoms with E-state index in [0.29, 0.717) is 11.4 Å². The monoisotopic (exact) mass is 319 g/mol. The zero-order chi connectivity index (χ0) is 16.2. The van der Waals surface area contributed by atoms with Gasteiger partial charge in [0.15, 0.2) is 9.84 Å². The lowest BCUT2D eigenvalue weighted by atomic mass is 10.2. The third-order valence-electron chi connectivity index (χ3n) is 3.08. The summed E-state index contributed by atoms with van der Waals surface area (Å²) in [5.74, 6) is -0.748. The van der Waals surface area contributed by atoms with E-state index in [-0.39, 0.29) is 4.90 Å². The minimum absolute atomic E-state index is 0.133. The summed E-state index contributed by atoms with van der Waals surface area (Å²) >= 11 is 0. The first-order chi connectivity index (χ1) is 10.4. The van der Waals surface area contributed by atoms with Gasteiger partial charge in [0.25, 0.3) is 0 Å². The maximum Gasteiger partial charge on any atom is 0.240 e. The molecule has 0 spiro atoms. The Balaban J connectivity index is 2.13. The molecule has 2 aromatic carbocycles. The Morgan fingerprint density at radius 3 is 2.36 bits per heavy atom. The predicted molar refractivity (Wildman–Crippen MR) is 84.9 cm³/mol. The highest BCUT2D eigenvalue weighted by atomic mass is 32.2. The van der Waals surface area contributed by atoms with Gasteiger partial charge in [-0.2, -0.15) is 0 Å². The number of nitrogens with one attached hydrogen (secondary N) is 1. The first-order valence-corrected chi connectivity index (χ1v) is 8.30. The van der Waals surface area contributed by atoms with E-state index in [1.54, 1.807) is 36.4 Å². The minimum Gasteiger partial charge on any atom is -0.495 e. The topological polar surface area (TPSA) is 72.5 Å². The normalized spacial score (nSPS) is 11.0. The number of hydrogen-bond donors (Lipinski definition) is 1. The van der Waals surface area contributed by atoms with Crippen molar-refractivity contribution in [3.8, 4) is 5.75 Å². The van der Waals surface area contributed by atoms with Crippen LogP contribution < -0.4 is 10.1 Å². The zero-order valence-corrected chi connectivity index (χ0v) is 13.2. The molecular formula is C16H17NO4S. The van der Waals surface area contributed by atoms with Gasteiger partial charge in [0, 0.05) is 0 Å². The van der Waals surface area contributed by atoms with Crippen molar-refractivity contribution >= 4 is 21.4 Å². The molecule has 0 aromatic heterocycles. The molecule has 0 aliphatic carbocycles. The minimum atomic E-state index is -3.67. The van der Waals surface area contributed by atoms with Gasteiger partial charge < -0.3 is 10.1 Å². The number of methoxy groups -OCH3 is 1. The second-order valence-corrected chi connectivity index (χ2v) is 6.81. The van der Waals surface area contributed by atoms with Gasteiger partial charge in [-0.1, -0.05) is 29.8 Å². The molecule has 0 unspecified atom stereocenters. The second-order valence-electron chi connectivity index (χ2n) is 4.82. The van der Waals surface area contributed by atoms with E-state index < -0.39 is 21.5 Å². The molecule has 6 heteroatoms. The highest BCUT2D eigenvalue weighted by molar-refractivity contribution is 7.92. The Labute approximate surface area is 129 Å². The van der Waals surface area contributed by atoms with Crippen molar-refractivity contribution in [2.45, 2.75) is 11.8 Å². The maximum absolute atomic E-state index is 12.2. The van der Waals surface area contributed by atoms with Crippen LogP contribution in [-0.4, -0.2) is 27.2 Å². The molecule has 22 heavy (non-hydrogen) atoms. The fourth-order valence-electron chi connectivity index (χ4n) is 1.94. The van der Waals surface area contributed by atoms with Gasteiger partial charge in [0.1, 0.15) is 11.5 Å². The first kappa shape index (κ1) is 16.0. The average Bonchev–Trinajstić information content (AvgIpc) is 2.47. The van der Waals surface area contributed by atoms with Crippen molar-refractivity contribution < 1.29 is 17.9 Å². The van der Waals surface area contributed by atoms with Gasteiger partial charge in [0.05, 0.1) is 17.7 Å². The molecule has 0 heterocycles. The lowest BCUT2D eigenvalue weighted by Crippen LogP contribution is -2.23. The number of benzene rings is 2. The summed E-state index contributed by atoms with van der Waals surface area (Å²) in [6, 6.07) is 13.2. The lowest BCUT2D eigenvalue weighted by Gasteiger charge is -2.10. The number of hydrogen-bond acceptors (Lipinski definition) is 4. The van der Waals surface area contributed by atoms with E-state index in [1.807, 2.05) is 6.92 Å². The maximum atomic E-state index is 12.2. The SMILES string of the molecule is COc1ccccc1NC(=O)CS(=O)(=O)c1ccc(C)cc1. The molecule has 0 bridgehead atoms.